The van der Waals surface area contributed by atoms with Crippen molar-refractivity contribution in [3.05, 3.63) is 45.6 Å². The van der Waals surface area contributed by atoms with E-state index in [-0.39, 0.29) is 5.82 Å². The van der Waals surface area contributed by atoms with Gasteiger partial charge in [0.15, 0.2) is 0 Å². The first-order valence-corrected chi connectivity index (χ1v) is 4.00. The molecule has 68 valence electrons. The molecule has 0 aliphatic rings. The van der Waals surface area contributed by atoms with Gasteiger partial charge in [-0.1, -0.05) is 17.2 Å². The van der Waals surface area contributed by atoms with Crippen molar-refractivity contribution in [1.82, 2.24) is 0 Å². The smallest absolute Gasteiger partial charge is 0.126 e. The molecule has 0 bridgehead atoms. The monoisotopic (exact) mass is 179 g/mol. The average molecular weight is 179 g/mol. The summed E-state index contributed by atoms with van der Waals surface area (Å²) in [7, 11) is 0. The largest absolute Gasteiger partial charge is 0.207 e. The Bertz CT molecular complexity index is 343. The summed E-state index contributed by atoms with van der Waals surface area (Å²) in [6.45, 7) is 2.09. The van der Waals surface area contributed by atoms with Crippen LogP contribution in [0.2, 0.25) is 0 Å². The molecule has 0 aliphatic heterocycles. The Morgan fingerprint density at radius 2 is 2.31 bits per heavy atom. The Morgan fingerprint density at radius 1 is 1.54 bits per heavy atom. The molecular formula is C9H10FN3. The summed E-state index contributed by atoms with van der Waals surface area (Å²) in [5, 5.41) is 3.38. The lowest BCUT2D eigenvalue weighted by Gasteiger charge is -2.00. The van der Waals surface area contributed by atoms with Crippen LogP contribution in [-0.2, 0) is 6.42 Å². The van der Waals surface area contributed by atoms with Crippen molar-refractivity contribution in [3.8, 4) is 0 Å². The van der Waals surface area contributed by atoms with Crippen LogP contribution in [0.3, 0.4) is 0 Å². The molecule has 1 aromatic carbocycles. The van der Waals surface area contributed by atoms with Crippen LogP contribution in [0.4, 0.5) is 4.39 Å². The van der Waals surface area contributed by atoms with E-state index in [0.717, 1.165) is 5.56 Å². The standard InChI is InChI=1S/C9H10FN3/c1-7-2-3-8(6-9(7)10)4-5-12-13-11/h2-3,6H,4-5H2,1H3. The van der Waals surface area contributed by atoms with E-state index < -0.39 is 0 Å². The van der Waals surface area contributed by atoms with Gasteiger partial charge in [-0.3, -0.25) is 0 Å². The van der Waals surface area contributed by atoms with Crippen LogP contribution in [0.25, 0.3) is 10.4 Å². The summed E-state index contributed by atoms with van der Waals surface area (Å²) in [5.41, 5.74) is 9.52. The molecule has 1 aromatic rings. The summed E-state index contributed by atoms with van der Waals surface area (Å²) >= 11 is 0. The van der Waals surface area contributed by atoms with Gasteiger partial charge >= 0.3 is 0 Å². The summed E-state index contributed by atoms with van der Waals surface area (Å²) in [4.78, 5) is 2.62. The first-order chi connectivity index (χ1) is 6.24. The van der Waals surface area contributed by atoms with Gasteiger partial charge in [0.2, 0.25) is 0 Å². The van der Waals surface area contributed by atoms with Crippen molar-refractivity contribution in [3.63, 3.8) is 0 Å². The highest BCUT2D eigenvalue weighted by Crippen LogP contribution is 2.09. The third-order valence-electron chi connectivity index (χ3n) is 1.80. The molecule has 0 atom stereocenters. The van der Waals surface area contributed by atoms with E-state index in [1.165, 1.54) is 6.07 Å². The molecule has 1 rings (SSSR count). The molecule has 0 unspecified atom stereocenters. The van der Waals surface area contributed by atoms with Crippen molar-refractivity contribution in [2.45, 2.75) is 13.3 Å². The number of hydrogen-bond donors (Lipinski definition) is 0. The third-order valence-corrected chi connectivity index (χ3v) is 1.80. The maximum Gasteiger partial charge on any atom is 0.126 e. The van der Waals surface area contributed by atoms with Gasteiger partial charge in [-0.2, -0.15) is 0 Å². The fourth-order valence-corrected chi connectivity index (χ4v) is 1.02. The highest BCUT2D eigenvalue weighted by atomic mass is 19.1. The zero-order valence-corrected chi connectivity index (χ0v) is 7.37. The Labute approximate surface area is 75.8 Å². The number of benzene rings is 1. The van der Waals surface area contributed by atoms with Crippen molar-refractivity contribution in [2.75, 3.05) is 6.54 Å². The quantitative estimate of drug-likeness (QED) is 0.389. The number of hydrogen-bond acceptors (Lipinski definition) is 1. The summed E-state index contributed by atoms with van der Waals surface area (Å²) < 4.78 is 13.0. The van der Waals surface area contributed by atoms with Crippen LogP contribution >= 0.6 is 0 Å². The predicted molar refractivity (Wildman–Crippen MR) is 48.9 cm³/mol. The van der Waals surface area contributed by atoms with Crippen LogP contribution in [0.1, 0.15) is 11.1 Å². The number of rotatable bonds is 3. The second-order valence-electron chi connectivity index (χ2n) is 2.79. The maximum atomic E-state index is 13.0. The Kier molecular flexibility index (Phi) is 3.29. The molecule has 0 aliphatic carbocycles. The summed E-state index contributed by atoms with van der Waals surface area (Å²) in [6.07, 6.45) is 0.585. The minimum atomic E-state index is -0.210. The van der Waals surface area contributed by atoms with Crippen molar-refractivity contribution in [1.29, 1.82) is 0 Å². The summed E-state index contributed by atoms with van der Waals surface area (Å²) in [5.74, 6) is -0.210. The molecule has 0 N–H and O–H groups in total. The lowest BCUT2D eigenvalue weighted by molar-refractivity contribution is 0.616. The molecule has 0 amide bonds. The Hall–Kier alpha value is -1.54. The molecule has 0 aromatic heterocycles. The summed E-state index contributed by atoms with van der Waals surface area (Å²) in [6, 6.07) is 5.04. The molecule has 0 spiro atoms. The second-order valence-corrected chi connectivity index (χ2v) is 2.79. The molecule has 0 saturated carbocycles. The zero-order valence-electron chi connectivity index (χ0n) is 7.37. The number of halogens is 1. The first-order valence-electron chi connectivity index (χ1n) is 4.00. The van der Waals surface area contributed by atoms with Crippen molar-refractivity contribution < 1.29 is 4.39 Å². The molecule has 0 fully saturated rings. The lowest BCUT2D eigenvalue weighted by atomic mass is 10.1. The van der Waals surface area contributed by atoms with Gasteiger partial charge in [-0.05, 0) is 36.1 Å². The normalized spacial score (nSPS) is 9.38. The number of aryl methyl sites for hydroxylation is 1. The lowest BCUT2D eigenvalue weighted by Crippen LogP contribution is -1.91. The SMILES string of the molecule is Cc1ccc(CCN=[N+]=[N-])cc1F. The van der Waals surface area contributed by atoms with Crippen LogP contribution in [0.15, 0.2) is 23.3 Å². The molecule has 0 heterocycles. The van der Waals surface area contributed by atoms with E-state index in [1.54, 1.807) is 13.0 Å². The molecular weight excluding hydrogens is 169 g/mol. The molecule has 0 radical (unpaired) electrons. The fraction of sp³-hybridized carbons (Fsp3) is 0.333. The van der Waals surface area contributed by atoms with Crippen molar-refractivity contribution >= 4 is 0 Å². The highest BCUT2D eigenvalue weighted by molar-refractivity contribution is 5.23. The van der Waals surface area contributed by atoms with Gasteiger partial charge in [0.05, 0.1) is 0 Å². The minimum absolute atomic E-state index is 0.210. The topological polar surface area (TPSA) is 48.8 Å². The predicted octanol–water partition coefficient (Wildman–Crippen LogP) is 2.99. The first kappa shape index (κ1) is 9.55. The fourth-order valence-electron chi connectivity index (χ4n) is 1.02. The third kappa shape index (κ3) is 2.76. The van der Waals surface area contributed by atoms with E-state index in [4.69, 9.17) is 5.53 Å². The van der Waals surface area contributed by atoms with E-state index in [0.29, 0.717) is 18.5 Å². The zero-order chi connectivity index (χ0) is 9.68. The molecule has 3 nitrogen and oxygen atoms in total. The van der Waals surface area contributed by atoms with Crippen LogP contribution in [0, 0.1) is 12.7 Å². The van der Waals surface area contributed by atoms with E-state index in [2.05, 4.69) is 10.0 Å². The van der Waals surface area contributed by atoms with E-state index in [9.17, 15) is 4.39 Å². The van der Waals surface area contributed by atoms with E-state index >= 15 is 0 Å². The minimum Gasteiger partial charge on any atom is -0.207 e. The van der Waals surface area contributed by atoms with Crippen LogP contribution in [-0.4, -0.2) is 6.54 Å². The highest BCUT2D eigenvalue weighted by Gasteiger charge is 1.98. The van der Waals surface area contributed by atoms with Crippen molar-refractivity contribution in [2.24, 2.45) is 5.11 Å². The second kappa shape index (κ2) is 4.48. The van der Waals surface area contributed by atoms with Gasteiger partial charge < -0.3 is 0 Å². The number of nitrogens with zero attached hydrogens (tertiary/aromatic N) is 3. The van der Waals surface area contributed by atoms with Gasteiger partial charge in [0.1, 0.15) is 5.82 Å². The van der Waals surface area contributed by atoms with Crippen LogP contribution in [0.5, 0.6) is 0 Å². The number of azide groups is 1. The average Bonchev–Trinajstić information content (AvgIpc) is 2.12. The van der Waals surface area contributed by atoms with Gasteiger partial charge in [-0.25, -0.2) is 4.39 Å². The molecule has 0 saturated heterocycles. The van der Waals surface area contributed by atoms with Gasteiger partial charge in [-0.15, -0.1) is 0 Å². The molecule has 4 heteroatoms. The maximum absolute atomic E-state index is 13.0. The van der Waals surface area contributed by atoms with Gasteiger partial charge in [0, 0.05) is 11.5 Å². The Morgan fingerprint density at radius 3 is 2.92 bits per heavy atom. The Balaban J connectivity index is 2.68. The van der Waals surface area contributed by atoms with Gasteiger partial charge in [0.25, 0.3) is 0 Å². The van der Waals surface area contributed by atoms with Crippen LogP contribution < -0.4 is 0 Å². The van der Waals surface area contributed by atoms with E-state index in [1.807, 2.05) is 6.07 Å². The molecule has 13 heavy (non-hydrogen) atoms.